The number of hydrogen-bond donors (Lipinski definition) is 5. The molecule has 0 heterocycles. The minimum Gasteiger partial charge on any atom is -0.445 e. The Morgan fingerprint density at radius 3 is 2.11 bits per heavy atom. The zero-order valence-electron chi connectivity index (χ0n) is 22.0. The van der Waals surface area contributed by atoms with E-state index in [1.165, 1.54) is 0 Å². The number of carbonyl (C=O) groups excluding carboxylic acids is 4. The standard InChI is InChI=1S/C26H42N4O6/c1-16(2)14-21(30-24(33)18(5)22(31)17(3)4)25(34)29-20(23(27)32)12-9-13-28-26(35)36-15-19-10-7-6-8-11-19/h6-8,10-11,16-18,20-22,31H,9,12-15H2,1-5H3,(H2,27,32)(H,28,35)(H,29,34)(H,30,33)/t18-,20?,21-,22?/m0/s1. The molecule has 10 heteroatoms. The molecule has 0 aliphatic heterocycles. The summed E-state index contributed by atoms with van der Waals surface area (Å²) in [5, 5.41) is 18.1. The number of benzene rings is 1. The molecule has 36 heavy (non-hydrogen) atoms. The SMILES string of the molecule is CC(C)C[C@H](NC(=O)[C@@H](C)C(O)C(C)C)C(=O)NC(CCCNC(=O)OCc1ccccc1)C(N)=O. The van der Waals surface area contributed by atoms with Gasteiger partial charge in [0, 0.05) is 6.54 Å². The van der Waals surface area contributed by atoms with Gasteiger partial charge < -0.3 is 31.5 Å². The fraction of sp³-hybridized carbons (Fsp3) is 0.615. The third-order valence-corrected chi connectivity index (χ3v) is 5.76. The average Bonchev–Trinajstić information content (AvgIpc) is 2.83. The Morgan fingerprint density at radius 1 is 0.944 bits per heavy atom. The Labute approximate surface area is 213 Å². The summed E-state index contributed by atoms with van der Waals surface area (Å²) in [5.74, 6) is -2.41. The van der Waals surface area contributed by atoms with Crippen molar-refractivity contribution in [2.24, 2.45) is 23.5 Å². The summed E-state index contributed by atoms with van der Waals surface area (Å²) in [6.45, 7) is 9.41. The van der Waals surface area contributed by atoms with Gasteiger partial charge in [-0.05, 0) is 36.7 Å². The van der Waals surface area contributed by atoms with Crippen LogP contribution in [0, 0.1) is 17.8 Å². The summed E-state index contributed by atoms with van der Waals surface area (Å²) in [4.78, 5) is 49.4. The molecule has 0 aliphatic rings. The lowest BCUT2D eigenvalue weighted by Crippen LogP contribution is -2.54. The predicted molar refractivity (Wildman–Crippen MR) is 136 cm³/mol. The van der Waals surface area contributed by atoms with Crippen LogP contribution in [0.5, 0.6) is 0 Å². The van der Waals surface area contributed by atoms with Gasteiger partial charge in [-0.3, -0.25) is 14.4 Å². The van der Waals surface area contributed by atoms with Crippen molar-refractivity contribution in [3.8, 4) is 0 Å². The number of primary amides is 1. The van der Waals surface area contributed by atoms with Crippen LogP contribution in [0.4, 0.5) is 4.79 Å². The normalized spacial score (nSPS) is 14.4. The van der Waals surface area contributed by atoms with Crippen LogP contribution in [0.15, 0.2) is 30.3 Å². The van der Waals surface area contributed by atoms with Gasteiger partial charge in [-0.2, -0.15) is 0 Å². The summed E-state index contributed by atoms with van der Waals surface area (Å²) >= 11 is 0. The van der Waals surface area contributed by atoms with Crippen molar-refractivity contribution >= 4 is 23.8 Å². The van der Waals surface area contributed by atoms with E-state index in [1.54, 1.807) is 6.92 Å². The predicted octanol–water partition coefficient (Wildman–Crippen LogP) is 1.85. The molecule has 0 saturated heterocycles. The van der Waals surface area contributed by atoms with Gasteiger partial charge in [-0.15, -0.1) is 0 Å². The summed E-state index contributed by atoms with van der Waals surface area (Å²) < 4.78 is 5.13. The summed E-state index contributed by atoms with van der Waals surface area (Å²) in [7, 11) is 0. The van der Waals surface area contributed by atoms with Gasteiger partial charge in [0.1, 0.15) is 18.7 Å². The minimum atomic E-state index is -0.968. The second-order valence-corrected chi connectivity index (χ2v) is 9.81. The van der Waals surface area contributed by atoms with Crippen LogP contribution in [-0.2, 0) is 25.7 Å². The second-order valence-electron chi connectivity index (χ2n) is 9.81. The molecular weight excluding hydrogens is 464 g/mol. The molecule has 0 fully saturated rings. The average molecular weight is 507 g/mol. The molecule has 2 unspecified atom stereocenters. The van der Waals surface area contributed by atoms with Crippen molar-refractivity contribution in [3.63, 3.8) is 0 Å². The number of ether oxygens (including phenoxy) is 1. The first-order chi connectivity index (χ1) is 16.9. The van der Waals surface area contributed by atoms with E-state index in [4.69, 9.17) is 10.5 Å². The molecular formula is C26H42N4O6. The largest absolute Gasteiger partial charge is 0.445 e. The fourth-order valence-electron chi connectivity index (χ4n) is 3.57. The quantitative estimate of drug-likeness (QED) is 0.228. The molecule has 0 aromatic heterocycles. The van der Waals surface area contributed by atoms with E-state index >= 15 is 0 Å². The topological polar surface area (TPSA) is 160 Å². The monoisotopic (exact) mass is 506 g/mol. The third-order valence-electron chi connectivity index (χ3n) is 5.76. The zero-order chi connectivity index (χ0) is 27.3. The van der Waals surface area contributed by atoms with Crippen LogP contribution in [0.1, 0.15) is 59.4 Å². The molecule has 6 N–H and O–H groups in total. The molecule has 4 atom stereocenters. The van der Waals surface area contributed by atoms with Crippen LogP contribution in [0.3, 0.4) is 0 Å². The highest BCUT2D eigenvalue weighted by Gasteiger charge is 2.30. The molecule has 4 amide bonds. The highest BCUT2D eigenvalue weighted by atomic mass is 16.5. The van der Waals surface area contributed by atoms with Crippen LogP contribution in [-0.4, -0.2) is 53.7 Å². The Bertz CT molecular complexity index is 846. The van der Waals surface area contributed by atoms with Gasteiger partial charge in [0.2, 0.25) is 17.7 Å². The maximum absolute atomic E-state index is 12.9. The maximum atomic E-state index is 12.9. The number of carbonyl (C=O) groups is 4. The number of hydrogen-bond acceptors (Lipinski definition) is 6. The first-order valence-electron chi connectivity index (χ1n) is 12.4. The number of aliphatic hydroxyl groups excluding tert-OH is 1. The molecule has 10 nitrogen and oxygen atoms in total. The lowest BCUT2D eigenvalue weighted by atomic mass is 9.93. The molecule has 1 rings (SSSR count). The lowest BCUT2D eigenvalue weighted by Gasteiger charge is -2.26. The molecule has 1 aromatic rings. The molecule has 0 saturated carbocycles. The van der Waals surface area contributed by atoms with Crippen molar-refractivity contribution in [2.75, 3.05) is 6.54 Å². The van der Waals surface area contributed by atoms with Crippen molar-refractivity contribution in [2.45, 2.75) is 78.7 Å². The van der Waals surface area contributed by atoms with E-state index in [-0.39, 0.29) is 31.4 Å². The van der Waals surface area contributed by atoms with Gasteiger partial charge in [0.15, 0.2) is 0 Å². The van der Waals surface area contributed by atoms with Gasteiger partial charge in [0.25, 0.3) is 0 Å². The number of nitrogens with two attached hydrogens (primary N) is 1. The maximum Gasteiger partial charge on any atom is 0.407 e. The Morgan fingerprint density at radius 2 is 1.56 bits per heavy atom. The van der Waals surface area contributed by atoms with E-state index in [9.17, 15) is 24.3 Å². The summed E-state index contributed by atoms with van der Waals surface area (Å²) in [6.07, 6.45) is -0.519. The van der Waals surface area contributed by atoms with Gasteiger partial charge >= 0.3 is 6.09 Å². The number of nitrogens with one attached hydrogen (secondary N) is 3. The molecule has 0 aliphatic carbocycles. The summed E-state index contributed by atoms with van der Waals surface area (Å²) in [6, 6.07) is 7.40. The van der Waals surface area contributed by atoms with Crippen molar-refractivity contribution < 1.29 is 29.0 Å². The van der Waals surface area contributed by atoms with Crippen LogP contribution in [0.25, 0.3) is 0 Å². The second kappa shape index (κ2) is 15.8. The molecule has 0 spiro atoms. The van der Waals surface area contributed by atoms with Gasteiger partial charge in [-0.25, -0.2) is 4.79 Å². The minimum absolute atomic E-state index is 0.0875. The van der Waals surface area contributed by atoms with E-state index in [0.29, 0.717) is 12.8 Å². The summed E-state index contributed by atoms with van der Waals surface area (Å²) in [5.41, 5.74) is 6.34. The van der Waals surface area contributed by atoms with Crippen LogP contribution >= 0.6 is 0 Å². The Hall–Kier alpha value is -3.14. The number of rotatable bonds is 15. The number of aliphatic hydroxyl groups is 1. The lowest BCUT2D eigenvalue weighted by molar-refractivity contribution is -0.135. The highest BCUT2D eigenvalue weighted by molar-refractivity contribution is 5.92. The smallest absolute Gasteiger partial charge is 0.407 e. The van der Waals surface area contributed by atoms with Gasteiger partial charge in [-0.1, -0.05) is 65.0 Å². The van der Waals surface area contributed by atoms with Crippen molar-refractivity contribution in [1.29, 1.82) is 0 Å². The fourth-order valence-corrected chi connectivity index (χ4v) is 3.57. The Balaban J connectivity index is 2.58. The number of alkyl carbamates (subject to hydrolysis) is 1. The van der Waals surface area contributed by atoms with Crippen LogP contribution in [0.2, 0.25) is 0 Å². The van der Waals surface area contributed by atoms with Crippen molar-refractivity contribution in [3.05, 3.63) is 35.9 Å². The molecule has 0 radical (unpaired) electrons. The molecule has 1 aromatic carbocycles. The van der Waals surface area contributed by atoms with Crippen LogP contribution < -0.4 is 21.7 Å². The molecule has 202 valence electrons. The highest BCUT2D eigenvalue weighted by Crippen LogP contribution is 2.14. The van der Waals surface area contributed by atoms with Gasteiger partial charge in [0.05, 0.1) is 12.0 Å². The first kappa shape index (κ1) is 30.9. The van der Waals surface area contributed by atoms with E-state index in [0.717, 1.165) is 5.56 Å². The van der Waals surface area contributed by atoms with E-state index in [1.807, 2.05) is 58.0 Å². The zero-order valence-corrected chi connectivity index (χ0v) is 22.0. The third kappa shape index (κ3) is 11.5. The van der Waals surface area contributed by atoms with E-state index in [2.05, 4.69) is 16.0 Å². The van der Waals surface area contributed by atoms with Crippen molar-refractivity contribution in [1.82, 2.24) is 16.0 Å². The first-order valence-corrected chi connectivity index (χ1v) is 12.4. The molecule has 0 bridgehead atoms. The Kier molecular flexibility index (Phi) is 13.5. The number of amides is 4. The van der Waals surface area contributed by atoms with E-state index < -0.39 is 47.9 Å².